The van der Waals surface area contributed by atoms with Gasteiger partial charge < -0.3 is 14.6 Å². The third-order valence-electron chi connectivity index (χ3n) is 3.02. The van der Waals surface area contributed by atoms with Gasteiger partial charge >= 0.3 is 5.69 Å². The molecule has 1 fully saturated rings. The predicted molar refractivity (Wildman–Crippen MR) is 80.7 cm³/mol. The Bertz CT molecular complexity index is 579. The number of halogens is 1. The zero-order valence-electron chi connectivity index (χ0n) is 10.8. The molecule has 0 saturated carbocycles. The Morgan fingerprint density at radius 1 is 1.57 bits per heavy atom. The molecule has 1 aliphatic heterocycles. The minimum absolute atomic E-state index is 0.0449. The number of methoxy groups -OCH3 is 1. The molecule has 0 radical (unpaired) electrons. The highest BCUT2D eigenvalue weighted by atomic mass is 127. The Hall–Kier alpha value is -0.440. The first-order valence-corrected chi connectivity index (χ1v) is 7.38. The summed E-state index contributed by atoms with van der Waals surface area (Å²) in [5, 5.41) is 10.2. The third kappa shape index (κ3) is 3.85. The quantitative estimate of drug-likeness (QED) is 0.360. The van der Waals surface area contributed by atoms with Gasteiger partial charge in [0.2, 0.25) is 0 Å². The summed E-state index contributed by atoms with van der Waals surface area (Å²) < 4.78 is 21.6. The first-order valence-electron chi connectivity index (χ1n) is 5.83. The SMILES string of the molecule is COC1C(O)C(COSOI)OC1n1ccc(=O)[nH]c1=O. The van der Waals surface area contributed by atoms with Crippen molar-refractivity contribution in [2.24, 2.45) is 0 Å². The molecule has 1 aliphatic rings. The Labute approximate surface area is 137 Å². The van der Waals surface area contributed by atoms with Crippen molar-refractivity contribution in [3.05, 3.63) is 33.1 Å². The lowest BCUT2D eigenvalue weighted by Gasteiger charge is -2.19. The van der Waals surface area contributed by atoms with E-state index in [1.807, 2.05) is 0 Å². The van der Waals surface area contributed by atoms with Crippen molar-refractivity contribution in [1.82, 2.24) is 9.55 Å². The third-order valence-corrected chi connectivity index (χ3v) is 3.74. The van der Waals surface area contributed by atoms with E-state index < -0.39 is 35.8 Å². The molecule has 11 heteroatoms. The molecule has 1 saturated heterocycles. The van der Waals surface area contributed by atoms with Crippen molar-refractivity contribution in [1.29, 1.82) is 0 Å². The van der Waals surface area contributed by atoms with Gasteiger partial charge in [0, 0.05) is 19.4 Å². The molecule has 2 N–H and O–H groups in total. The molecule has 0 amide bonds. The summed E-state index contributed by atoms with van der Waals surface area (Å²) in [4.78, 5) is 25.0. The lowest BCUT2D eigenvalue weighted by atomic mass is 10.1. The minimum Gasteiger partial charge on any atom is -0.387 e. The molecule has 4 atom stereocenters. The van der Waals surface area contributed by atoms with E-state index >= 15 is 0 Å². The average Bonchev–Trinajstić information content (AvgIpc) is 2.75. The van der Waals surface area contributed by atoms with Gasteiger partial charge in [-0.15, -0.1) is 0 Å². The topological polar surface area (TPSA) is 112 Å². The number of hydrogen-bond donors (Lipinski definition) is 2. The maximum atomic E-state index is 11.8. The van der Waals surface area contributed by atoms with Crippen LogP contribution in [0.15, 0.2) is 21.9 Å². The fraction of sp³-hybridized carbons (Fsp3) is 0.600. The maximum absolute atomic E-state index is 11.8. The molecular formula is C10H13IN2O7S. The molecular weight excluding hydrogens is 419 g/mol. The van der Waals surface area contributed by atoms with Gasteiger partial charge in [-0.1, -0.05) is 0 Å². The molecule has 118 valence electrons. The fourth-order valence-electron chi connectivity index (χ4n) is 2.08. The highest BCUT2D eigenvalue weighted by molar-refractivity contribution is 14.1. The van der Waals surface area contributed by atoms with E-state index in [9.17, 15) is 14.7 Å². The molecule has 2 rings (SSSR count). The van der Waals surface area contributed by atoms with Gasteiger partial charge in [0.05, 0.1) is 6.61 Å². The number of nitrogens with one attached hydrogen (secondary N) is 1. The maximum Gasteiger partial charge on any atom is 0.330 e. The van der Waals surface area contributed by atoms with Crippen molar-refractivity contribution in [3.8, 4) is 0 Å². The molecule has 0 bridgehead atoms. The molecule has 9 nitrogen and oxygen atoms in total. The van der Waals surface area contributed by atoms with Crippen LogP contribution >= 0.6 is 35.3 Å². The van der Waals surface area contributed by atoms with Gasteiger partial charge in [0.1, 0.15) is 41.3 Å². The van der Waals surface area contributed by atoms with Gasteiger partial charge in [-0.05, 0) is 0 Å². The molecule has 1 aromatic rings. The first-order chi connectivity index (χ1) is 10.1. The van der Waals surface area contributed by atoms with Crippen molar-refractivity contribution >= 4 is 35.3 Å². The van der Waals surface area contributed by atoms with Crippen molar-refractivity contribution < 1.29 is 21.3 Å². The first kappa shape index (κ1) is 16.9. The van der Waals surface area contributed by atoms with Crippen LogP contribution in [0.1, 0.15) is 6.23 Å². The Kier molecular flexibility index (Phi) is 6.21. The van der Waals surface area contributed by atoms with E-state index in [1.165, 1.54) is 19.4 Å². The smallest absolute Gasteiger partial charge is 0.330 e. The molecule has 0 aliphatic carbocycles. The molecule has 4 unspecified atom stereocenters. The number of hydrogen-bond acceptors (Lipinski definition) is 8. The lowest BCUT2D eigenvalue weighted by molar-refractivity contribution is -0.0594. The van der Waals surface area contributed by atoms with E-state index in [-0.39, 0.29) is 6.61 Å². The predicted octanol–water partition coefficient (Wildman–Crippen LogP) is -0.244. The number of rotatable bonds is 6. The number of H-pyrrole nitrogens is 1. The van der Waals surface area contributed by atoms with Gasteiger partial charge in [-0.25, -0.2) is 7.31 Å². The molecule has 2 heterocycles. The van der Waals surface area contributed by atoms with Crippen LogP contribution in [0.3, 0.4) is 0 Å². The summed E-state index contributed by atoms with van der Waals surface area (Å²) in [5.74, 6) is 0. The second-order valence-corrected chi connectivity index (χ2v) is 5.77. The van der Waals surface area contributed by atoms with E-state index in [1.54, 1.807) is 23.0 Å². The van der Waals surface area contributed by atoms with Crippen LogP contribution in [0.4, 0.5) is 0 Å². The number of aromatic nitrogens is 2. The normalized spacial score (nSPS) is 28.9. The van der Waals surface area contributed by atoms with Crippen LogP contribution < -0.4 is 11.2 Å². The van der Waals surface area contributed by atoms with Gasteiger partial charge in [-0.2, -0.15) is 0 Å². The number of aliphatic hydroxyl groups excluding tert-OH is 1. The Morgan fingerprint density at radius 3 is 2.95 bits per heavy atom. The number of ether oxygens (including phenoxy) is 2. The standard InChI is InChI=1S/C10H13IN2O7S/c1-17-8-7(15)5(4-18-21-20-11)19-9(8)13-3-2-6(14)12-10(13)16/h2-3,5,7-9,15H,4H2,1H3,(H,12,14,16). The highest BCUT2D eigenvalue weighted by Gasteiger charge is 2.45. The summed E-state index contributed by atoms with van der Waals surface area (Å²) in [7, 11) is 1.40. The van der Waals surface area contributed by atoms with Gasteiger partial charge in [0.25, 0.3) is 5.56 Å². The fourth-order valence-corrected chi connectivity index (χ4v) is 2.61. The summed E-state index contributed by atoms with van der Waals surface area (Å²) in [6.07, 6.45) is -2.04. The number of aromatic amines is 1. The molecule has 1 aromatic heterocycles. The van der Waals surface area contributed by atoms with Gasteiger partial charge in [0.15, 0.2) is 18.6 Å². The van der Waals surface area contributed by atoms with Crippen LogP contribution in [0.2, 0.25) is 0 Å². The van der Waals surface area contributed by atoms with Crippen molar-refractivity contribution in [3.63, 3.8) is 0 Å². The van der Waals surface area contributed by atoms with Crippen molar-refractivity contribution in [2.75, 3.05) is 13.7 Å². The van der Waals surface area contributed by atoms with Crippen LogP contribution in [0.5, 0.6) is 0 Å². The lowest BCUT2D eigenvalue weighted by Crippen LogP contribution is -2.38. The summed E-state index contributed by atoms with van der Waals surface area (Å²) in [6, 6.07) is 1.19. The van der Waals surface area contributed by atoms with Crippen molar-refractivity contribution in [2.45, 2.75) is 24.5 Å². The second kappa shape index (κ2) is 7.71. The molecule has 0 aromatic carbocycles. The van der Waals surface area contributed by atoms with Crippen LogP contribution in [0.25, 0.3) is 0 Å². The summed E-state index contributed by atoms with van der Waals surface area (Å²) in [6.45, 7) is 0.0449. The van der Waals surface area contributed by atoms with Crippen LogP contribution in [0, 0.1) is 0 Å². The number of nitrogens with zero attached hydrogens (tertiary/aromatic N) is 1. The van der Waals surface area contributed by atoms with E-state index in [0.717, 1.165) is 16.9 Å². The second-order valence-electron chi connectivity index (χ2n) is 4.19. The Balaban J connectivity index is 2.18. The zero-order valence-corrected chi connectivity index (χ0v) is 13.8. The molecule has 0 spiro atoms. The molecule has 21 heavy (non-hydrogen) atoms. The summed E-state index contributed by atoms with van der Waals surface area (Å²) >= 11 is 2.39. The Morgan fingerprint density at radius 2 is 2.33 bits per heavy atom. The zero-order chi connectivity index (χ0) is 15.4. The average molecular weight is 432 g/mol. The van der Waals surface area contributed by atoms with E-state index in [0.29, 0.717) is 0 Å². The minimum atomic E-state index is -0.992. The largest absolute Gasteiger partial charge is 0.387 e. The van der Waals surface area contributed by atoms with Crippen LogP contribution in [-0.4, -0.2) is 46.7 Å². The summed E-state index contributed by atoms with van der Waals surface area (Å²) in [5.41, 5.74) is -1.16. The monoisotopic (exact) mass is 432 g/mol. The van der Waals surface area contributed by atoms with Gasteiger partial charge in [-0.3, -0.25) is 18.5 Å². The van der Waals surface area contributed by atoms with E-state index in [2.05, 4.69) is 7.50 Å². The highest BCUT2D eigenvalue weighted by Crippen LogP contribution is 2.31. The number of aliphatic hydroxyl groups is 1. The van der Waals surface area contributed by atoms with Crippen LogP contribution in [-0.2, 0) is 16.2 Å². The van der Waals surface area contributed by atoms with E-state index in [4.69, 9.17) is 13.7 Å².